The van der Waals surface area contributed by atoms with Gasteiger partial charge >= 0.3 is 6.09 Å². The second-order valence-corrected chi connectivity index (χ2v) is 4.59. The number of hydrogen-bond donors (Lipinski definition) is 1. The van der Waals surface area contributed by atoms with E-state index in [4.69, 9.17) is 10.00 Å². The Balaban J connectivity index is 2.65. The summed E-state index contributed by atoms with van der Waals surface area (Å²) in [6, 6.07) is 1.48. The highest BCUT2D eigenvalue weighted by atomic mass is 16.6. The van der Waals surface area contributed by atoms with Gasteiger partial charge in [-0.05, 0) is 27.7 Å². The molecule has 0 aliphatic heterocycles. The van der Waals surface area contributed by atoms with Gasteiger partial charge in [0.2, 0.25) is 0 Å². The summed E-state index contributed by atoms with van der Waals surface area (Å²) in [7, 11) is 0. The van der Waals surface area contributed by atoms with Gasteiger partial charge in [0.15, 0.2) is 0 Å². The monoisotopic (exact) mass is 237 g/mol. The Morgan fingerprint density at radius 1 is 1.65 bits per heavy atom. The Hall–Kier alpha value is -2.03. The van der Waals surface area contributed by atoms with Crippen LogP contribution in [0.25, 0.3) is 0 Å². The number of nitriles is 1. The minimum atomic E-state index is -0.564. The van der Waals surface area contributed by atoms with Crippen LogP contribution in [0.4, 0.5) is 4.79 Å². The van der Waals surface area contributed by atoms with Crippen LogP contribution in [0, 0.1) is 11.3 Å². The topological polar surface area (TPSA) is 88.2 Å². The van der Waals surface area contributed by atoms with Gasteiger partial charge in [-0.25, -0.2) is 4.79 Å². The number of ether oxygens (including phenoxy) is 1. The Bertz CT molecular complexity index is 440. The number of hydrogen-bond acceptors (Lipinski definition) is 5. The highest BCUT2D eigenvalue weighted by molar-refractivity contribution is 5.68. The summed E-state index contributed by atoms with van der Waals surface area (Å²) in [6.07, 6.45) is 0.680. The van der Waals surface area contributed by atoms with E-state index in [1.165, 1.54) is 6.26 Å². The third-order valence-corrected chi connectivity index (χ3v) is 1.86. The fraction of sp³-hybridized carbons (Fsp3) is 0.545. The van der Waals surface area contributed by atoms with E-state index >= 15 is 0 Å². The molecule has 6 heteroatoms. The number of carbonyl (C=O) groups is 1. The van der Waals surface area contributed by atoms with Crippen LogP contribution >= 0.6 is 0 Å². The highest BCUT2D eigenvalue weighted by Gasteiger charge is 2.21. The molecule has 0 aliphatic rings. The molecular formula is C11H15N3O3. The fourth-order valence-corrected chi connectivity index (χ4v) is 1.19. The lowest BCUT2D eigenvalue weighted by atomic mass is 10.1. The summed E-state index contributed by atoms with van der Waals surface area (Å²) in [5.41, 5.74) is 0.123. The van der Waals surface area contributed by atoms with Crippen LogP contribution in [0.1, 0.15) is 45.0 Å². The first kappa shape index (κ1) is 13.0. The zero-order valence-corrected chi connectivity index (χ0v) is 10.3. The predicted octanol–water partition coefficient (Wildman–Crippen LogP) is 2.13. The average molecular weight is 237 g/mol. The van der Waals surface area contributed by atoms with Crippen molar-refractivity contribution in [1.82, 2.24) is 10.5 Å². The van der Waals surface area contributed by atoms with E-state index in [-0.39, 0.29) is 0 Å². The molecule has 0 aliphatic carbocycles. The summed E-state index contributed by atoms with van der Waals surface area (Å²) in [4.78, 5) is 11.5. The number of nitrogens with zero attached hydrogens (tertiary/aromatic N) is 2. The van der Waals surface area contributed by atoms with E-state index in [1.54, 1.807) is 27.7 Å². The molecule has 1 atom stereocenters. The van der Waals surface area contributed by atoms with Crippen LogP contribution < -0.4 is 5.32 Å². The molecule has 0 fully saturated rings. The third kappa shape index (κ3) is 3.79. The Morgan fingerprint density at radius 2 is 2.29 bits per heavy atom. The van der Waals surface area contributed by atoms with Gasteiger partial charge in [-0.2, -0.15) is 5.26 Å². The maximum absolute atomic E-state index is 11.5. The number of amides is 1. The van der Waals surface area contributed by atoms with Crippen molar-refractivity contribution in [3.8, 4) is 6.07 Å². The molecule has 0 bridgehead atoms. The predicted molar refractivity (Wildman–Crippen MR) is 59.0 cm³/mol. The van der Waals surface area contributed by atoms with Gasteiger partial charge in [0.1, 0.15) is 29.2 Å². The molecule has 0 saturated carbocycles. The first-order valence-corrected chi connectivity index (χ1v) is 5.17. The molecule has 0 radical (unpaired) electrons. The molecule has 0 unspecified atom stereocenters. The SMILES string of the molecule is C[C@@H](NC(=O)OC(C)(C)C)c1nocc1C#N. The first-order valence-electron chi connectivity index (χ1n) is 5.17. The number of alkyl carbamates (subject to hydrolysis) is 1. The van der Waals surface area contributed by atoms with Crippen LogP contribution in [-0.2, 0) is 4.74 Å². The zero-order valence-electron chi connectivity index (χ0n) is 10.3. The van der Waals surface area contributed by atoms with Gasteiger partial charge in [0.25, 0.3) is 0 Å². The van der Waals surface area contributed by atoms with Crippen molar-refractivity contribution in [3.63, 3.8) is 0 Å². The van der Waals surface area contributed by atoms with E-state index in [2.05, 4.69) is 15.0 Å². The molecule has 1 aromatic heterocycles. The molecule has 92 valence electrons. The van der Waals surface area contributed by atoms with Crippen LogP contribution in [0.15, 0.2) is 10.8 Å². The van der Waals surface area contributed by atoms with Crippen LogP contribution in [0.3, 0.4) is 0 Å². The lowest BCUT2D eigenvalue weighted by Crippen LogP contribution is -2.34. The van der Waals surface area contributed by atoms with Crippen molar-refractivity contribution in [2.75, 3.05) is 0 Å². The van der Waals surface area contributed by atoms with Crippen LogP contribution in [0.5, 0.6) is 0 Å². The Labute approximate surface area is 99.5 Å². The summed E-state index contributed by atoms with van der Waals surface area (Å²) < 4.78 is 9.76. The molecule has 6 nitrogen and oxygen atoms in total. The van der Waals surface area contributed by atoms with E-state index in [0.717, 1.165) is 0 Å². The van der Waals surface area contributed by atoms with Crippen molar-refractivity contribution in [1.29, 1.82) is 5.26 Å². The van der Waals surface area contributed by atoms with Crippen molar-refractivity contribution >= 4 is 6.09 Å². The maximum atomic E-state index is 11.5. The largest absolute Gasteiger partial charge is 0.444 e. The molecule has 1 aromatic rings. The number of nitrogens with one attached hydrogen (secondary N) is 1. The summed E-state index contributed by atoms with van der Waals surface area (Å²) in [5.74, 6) is 0. The van der Waals surface area contributed by atoms with Gasteiger partial charge in [0, 0.05) is 0 Å². The fourth-order valence-electron chi connectivity index (χ4n) is 1.19. The minimum Gasteiger partial charge on any atom is -0.444 e. The Kier molecular flexibility index (Phi) is 3.73. The van der Waals surface area contributed by atoms with Crippen molar-refractivity contribution in [3.05, 3.63) is 17.5 Å². The van der Waals surface area contributed by atoms with E-state index in [1.807, 2.05) is 6.07 Å². The van der Waals surface area contributed by atoms with E-state index < -0.39 is 17.7 Å². The average Bonchev–Trinajstić information content (AvgIpc) is 2.61. The smallest absolute Gasteiger partial charge is 0.408 e. The minimum absolute atomic E-state index is 0.300. The van der Waals surface area contributed by atoms with Gasteiger partial charge in [-0.15, -0.1) is 0 Å². The maximum Gasteiger partial charge on any atom is 0.408 e. The standard InChI is InChI=1S/C11H15N3O3/c1-7(9-8(5-12)6-16-14-9)13-10(15)17-11(2,3)4/h6-7H,1-4H3,(H,13,15)/t7-/m1/s1. The first-order chi connectivity index (χ1) is 7.83. The van der Waals surface area contributed by atoms with E-state index in [9.17, 15) is 4.79 Å². The number of aromatic nitrogens is 1. The molecule has 0 saturated heterocycles. The molecule has 17 heavy (non-hydrogen) atoms. The molecular weight excluding hydrogens is 222 g/mol. The van der Waals surface area contributed by atoms with Gasteiger partial charge in [-0.3, -0.25) is 0 Å². The van der Waals surface area contributed by atoms with Crippen molar-refractivity contribution in [2.45, 2.75) is 39.3 Å². The van der Waals surface area contributed by atoms with Crippen LogP contribution in [0.2, 0.25) is 0 Å². The normalized spacial score (nSPS) is 12.6. The number of carbonyl (C=O) groups excluding carboxylic acids is 1. The van der Waals surface area contributed by atoms with Gasteiger partial charge in [0.05, 0.1) is 6.04 Å². The quantitative estimate of drug-likeness (QED) is 0.851. The summed E-state index contributed by atoms with van der Waals surface area (Å²) in [5, 5.41) is 15.0. The third-order valence-electron chi connectivity index (χ3n) is 1.86. The van der Waals surface area contributed by atoms with Gasteiger partial charge < -0.3 is 14.6 Å². The molecule has 1 N–H and O–H groups in total. The van der Waals surface area contributed by atoms with Gasteiger partial charge in [-0.1, -0.05) is 5.16 Å². The van der Waals surface area contributed by atoms with Crippen molar-refractivity contribution in [2.24, 2.45) is 0 Å². The molecule has 1 amide bonds. The second kappa shape index (κ2) is 4.87. The Morgan fingerprint density at radius 3 is 2.82 bits per heavy atom. The molecule has 1 rings (SSSR count). The molecule has 0 aromatic carbocycles. The molecule has 0 spiro atoms. The van der Waals surface area contributed by atoms with E-state index in [0.29, 0.717) is 11.3 Å². The summed E-state index contributed by atoms with van der Waals surface area (Å²) in [6.45, 7) is 7.01. The lowest BCUT2D eigenvalue weighted by Gasteiger charge is -2.21. The lowest BCUT2D eigenvalue weighted by molar-refractivity contribution is 0.0506. The summed E-state index contributed by atoms with van der Waals surface area (Å²) >= 11 is 0. The number of rotatable bonds is 2. The zero-order chi connectivity index (χ0) is 13.1. The second-order valence-electron chi connectivity index (χ2n) is 4.59. The highest BCUT2D eigenvalue weighted by Crippen LogP contribution is 2.16. The van der Waals surface area contributed by atoms with Crippen LogP contribution in [-0.4, -0.2) is 16.9 Å². The molecule has 1 heterocycles. The van der Waals surface area contributed by atoms with Crippen molar-refractivity contribution < 1.29 is 14.1 Å².